The van der Waals surface area contributed by atoms with E-state index in [4.69, 9.17) is 14.9 Å². The Bertz CT molecular complexity index is 464. The molecule has 0 saturated carbocycles. The number of benzene rings is 1. The average Bonchev–Trinajstić information content (AvgIpc) is 2.43. The predicted molar refractivity (Wildman–Crippen MR) is 72.7 cm³/mol. The van der Waals surface area contributed by atoms with Crippen molar-refractivity contribution in [2.75, 3.05) is 25.6 Å². The molecule has 0 radical (unpaired) electrons. The van der Waals surface area contributed by atoms with Crippen LogP contribution in [0.1, 0.15) is 5.56 Å². The molecule has 110 valence electrons. The van der Waals surface area contributed by atoms with Crippen LogP contribution in [0.15, 0.2) is 24.3 Å². The quantitative estimate of drug-likeness (QED) is 0.580. The summed E-state index contributed by atoms with van der Waals surface area (Å²) in [5, 5.41) is 22.4. The number of urea groups is 1. The number of methoxy groups -OCH3 is 1. The van der Waals surface area contributed by atoms with Crippen molar-refractivity contribution in [2.45, 2.75) is 12.5 Å². The molecule has 1 aromatic carbocycles. The second-order valence-corrected chi connectivity index (χ2v) is 4.09. The Kier molecular flexibility index (Phi) is 6.48. The van der Waals surface area contributed by atoms with Crippen LogP contribution in [0.5, 0.6) is 0 Å². The van der Waals surface area contributed by atoms with Gasteiger partial charge in [0.1, 0.15) is 0 Å². The smallest absolute Gasteiger partial charge is 0.334 e. The van der Waals surface area contributed by atoms with Crippen LogP contribution in [0.4, 0.5) is 10.5 Å². The van der Waals surface area contributed by atoms with Gasteiger partial charge in [0.15, 0.2) is 6.10 Å². The van der Waals surface area contributed by atoms with Gasteiger partial charge in [-0.05, 0) is 18.1 Å². The molecule has 7 heteroatoms. The molecule has 0 fully saturated rings. The third kappa shape index (κ3) is 5.25. The fourth-order valence-corrected chi connectivity index (χ4v) is 1.52. The van der Waals surface area contributed by atoms with E-state index in [1.165, 1.54) is 0 Å². The van der Waals surface area contributed by atoms with E-state index in [1.54, 1.807) is 19.2 Å². The van der Waals surface area contributed by atoms with Crippen LogP contribution < -0.4 is 10.6 Å². The number of aliphatic carboxylic acids is 1. The maximum absolute atomic E-state index is 11.6. The highest BCUT2D eigenvalue weighted by Crippen LogP contribution is 2.15. The van der Waals surface area contributed by atoms with Crippen molar-refractivity contribution in [3.63, 3.8) is 0 Å². The molecule has 0 aliphatic carbocycles. The summed E-state index contributed by atoms with van der Waals surface area (Å²) in [5.41, 5.74) is 1.52. The summed E-state index contributed by atoms with van der Waals surface area (Å²) < 4.78 is 4.98. The number of aliphatic hydroxyl groups is 1. The zero-order valence-corrected chi connectivity index (χ0v) is 11.1. The number of anilines is 1. The Labute approximate surface area is 116 Å². The molecule has 0 aromatic heterocycles. The van der Waals surface area contributed by atoms with E-state index < -0.39 is 18.1 Å². The van der Waals surface area contributed by atoms with Crippen LogP contribution in [0.3, 0.4) is 0 Å². The molecular formula is C13H18N2O5. The number of carbonyl (C=O) groups is 2. The van der Waals surface area contributed by atoms with E-state index in [0.29, 0.717) is 18.7 Å². The number of ether oxygens (including phenoxy) is 1. The number of aliphatic hydroxyl groups excluding tert-OH is 1. The number of hydrogen-bond donors (Lipinski definition) is 4. The first-order chi connectivity index (χ1) is 9.54. The lowest BCUT2D eigenvalue weighted by Crippen LogP contribution is -2.38. The molecule has 20 heavy (non-hydrogen) atoms. The number of para-hydroxylation sites is 1. The first kappa shape index (κ1) is 15.9. The van der Waals surface area contributed by atoms with Gasteiger partial charge in [-0.1, -0.05) is 18.2 Å². The molecule has 0 bridgehead atoms. The normalized spacial score (nSPS) is 11.7. The lowest BCUT2D eigenvalue weighted by Gasteiger charge is -2.12. The first-order valence-corrected chi connectivity index (χ1v) is 6.07. The number of amides is 2. The molecule has 0 heterocycles. The van der Waals surface area contributed by atoms with E-state index in [1.807, 2.05) is 12.1 Å². The minimum atomic E-state index is -1.62. The Morgan fingerprint density at radius 3 is 2.70 bits per heavy atom. The van der Waals surface area contributed by atoms with Gasteiger partial charge >= 0.3 is 12.0 Å². The van der Waals surface area contributed by atoms with Crippen LogP contribution in [0.2, 0.25) is 0 Å². The third-order valence-electron chi connectivity index (χ3n) is 2.58. The zero-order chi connectivity index (χ0) is 15.0. The summed E-state index contributed by atoms with van der Waals surface area (Å²) in [5.74, 6) is -1.38. The van der Waals surface area contributed by atoms with Crippen LogP contribution in [0.25, 0.3) is 0 Å². The lowest BCUT2D eigenvalue weighted by molar-refractivity contribution is -0.146. The summed E-state index contributed by atoms with van der Waals surface area (Å²) >= 11 is 0. The average molecular weight is 282 g/mol. The van der Waals surface area contributed by atoms with Gasteiger partial charge in [-0.15, -0.1) is 0 Å². The fraction of sp³-hybridized carbons (Fsp3) is 0.385. The van der Waals surface area contributed by atoms with Crippen molar-refractivity contribution in [1.82, 2.24) is 5.32 Å². The molecule has 7 nitrogen and oxygen atoms in total. The van der Waals surface area contributed by atoms with Gasteiger partial charge in [0.05, 0.1) is 13.2 Å². The van der Waals surface area contributed by atoms with Gasteiger partial charge in [0.2, 0.25) is 0 Å². The van der Waals surface area contributed by atoms with Crippen molar-refractivity contribution >= 4 is 17.7 Å². The van der Waals surface area contributed by atoms with E-state index in [-0.39, 0.29) is 6.54 Å². The summed E-state index contributed by atoms with van der Waals surface area (Å²) in [6.45, 7) is 0.166. The molecule has 1 aromatic rings. The highest BCUT2D eigenvalue weighted by molar-refractivity contribution is 5.90. The molecule has 1 rings (SSSR count). The first-order valence-electron chi connectivity index (χ1n) is 6.07. The van der Waals surface area contributed by atoms with Gasteiger partial charge in [0.25, 0.3) is 0 Å². The van der Waals surface area contributed by atoms with Crippen LogP contribution >= 0.6 is 0 Å². The van der Waals surface area contributed by atoms with Gasteiger partial charge in [0, 0.05) is 12.8 Å². The van der Waals surface area contributed by atoms with Crippen molar-refractivity contribution in [1.29, 1.82) is 0 Å². The molecular weight excluding hydrogens is 264 g/mol. The lowest BCUT2D eigenvalue weighted by atomic mass is 10.1. The van der Waals surface area contributed by atoms with E-state index >= 15 is 0 Å². The fourth-order valence-electron chi connectivity index (χ4n) is 1.52. The Morgan fingerprint density at radius 1 is 1.35 bits per heavy atom. The van der Waals surface area contributed by atoms with Crippen LogP contribution in [0, 0.1) is 0 Å². The Morgan fingerprint density at radius 2 is 2.05 bits per heavy atom. The molecule has 2 amide bonds. The standard InChI is InChI=1S/C13H18N2O5/c1-20-7-6-9-4-2-3-5-10(9)15-13(19)14-8-11(16)12(17)18/h2-5,11,16H,6-8H2,1H3,(H,17,18)(H2,14,15,19)/t11-/m0/s1. The summed E-state index contributed by atoms with van der Waals surface area (Å²) in [6, 6.07) is 6.65. The summed E-state index contributed by atoms with van der Waals surface area (Å²) in [7, 11) is 1.59. The number of rotatable bonds is 7. The van der Waals surface area contributed by atoms with E-state index in [9.17, 15) is 9.59 Å². The van der Waals surface area contributed by atoms with Crippen molar-refractivity contribution in [3.8, 4) is 0 Å². The molecule has 0 unspecified atom stereocenters. The predicted octanol–water partition coefficient (Wildman–Crippen LogP) is 0.443. The molecule has 0 spiro atoms. The topological polar surface area (TPSA) is 108 Å². The van der Waals surface area contributed by atoms with Gasteiger partial charge in [-0.3, -0.25) is 0 Å². The largest absolute Gasteiger partial charge is 0.479 e. The number of carboxylic acid groups (broad SMARTS) is 1. The molecule has 0 saturated heterocycles. The SMILES string of the molecule is COCCc1ccccc1NC(=O)NC[C@H](O)C(=O)O. The number of hydrogen-bond acceptors (Lipinski definition) is 4. The zero-order valence-electron chi connectivity index (χ0n) is 11.1. The second-order valence-electron chi connectivity index (χ2n) is 4.09. The number of carboxylic acids is 1. The van der Waals surface area contributed by atoms with Gasteiger partial charge < -0.3 is 25.6 Å². The van der Waals surface area contributed by atoms with Gasteiger partial charge in [-0.25, -0.2) is 9.59 Å². The van der Waals surface area contributed by atoms with Crippen LogP contribution in [-0.2, 0) is 16.0 Å². The van der Waals surface area contributed by atoms with Crippen molar-refractivity contribution in [2.24, 2.45) is 0 Å². The van der Waals surface area contributed by atoms with E-state index in [2.05, 4.69) is 10.6 Å². The van der Waals surface area contributed by atoms with Crippen molar-refractivity contribution in [3.05, 3.63) is 29.8 Å². The highest BCUT2D eigenvalue weighted by Gasteiger charge is 2.14. The Hall–Kier alpha value is -2.12. The minimum absolute atomic E-state index is 0.360. The molecule has 0 aliphatic rings. The summed E-state index contributed by atoms with van der Waals surface area (Å²) in [4.78, 5) is 22.0. The van der Waals surface area contributed by atoms with E-state index in [0.717, 1.165) is 5.56 Å². The molecule has 1 atom stereocenters. The maximum atomic E-state index is 11.6. The number of carbonyl (C=O) groups excluding carboxylic acids is 1. The number of nitrogens with one attached hydrogen (secondary N) is 2. The third-order valence-corrected chi connectivity index (χ3v) is 2.58. The Balaban J connectivity index is 2.55. The second kappa shape index (κ2) is 8.13. The molecule has 0 aliphatic heterocycles. The summed E-state index contributed by atoms with van der Waals surface area (Å²) in [6.07, 6.45) is -0.977. The van der Waals surface area contributed by atoms with Crippen LogP contribution in [-0.4, -0.2) is 48.6 Å². The minimum Gasteiger partial charge on any atom is -0.479 e. The highest BCUT2D eigenvalue weighted by atomic mass is 16.5. The maximum Gasteiger partial charge on any atom is 0.334 e. The van der Waals surface area contributed by atoms with Crippen molar-refractivity contribution < 1.29 is 24.5 Å². The molecule has 4 N–H and O–H groups in total. The monoisotopic (exact) mass is 282 g/mol. The van der Waals surface area contributed by atoms with Gasteiger partial charge in [-0.2, -0.15) is 0 Å².